The molecule has 1 N–H and O–H groups in total. The molecule has 2 heterocycles. The lowest BCUT2D eigenvalue weighted by Gasteiger charge is -2.36. The Morgan fingerprint density at radius 2 is 1.91 bits per heavy atom. The lowest BCUT2D eigenvalue weighted by atomic mass is 9.84. The minimum atomic E-state index is -0.830. The number of nitrogens with zero attached hydrogens (tertiary/aromatic N) is 1. The van der Waals surface area contributed by atoms with Crippen molar-refractivity contribution in [3.63, 3.8) is 0 Å². The standard InChI is InChI=1S/C17H17NO3S/c19-16(13-6-7-22-11-13)18-9-14(8-15(10-18)17(20)21)12-4-2-1-3-5-12/h1-7,11,14-15H,8-10H2,(H,20,21)/t14-,15-/m1/s1. The number of carbonyl (C=O) groups excluding carboxylic acids is 1. The maximum absolute atomic E-state index is 12.5. The Morgan fingerprint density at radius 1 is 1.14 bits per heavy atom. The summed E-state index contributed by atoms with van der Waals surface area (Å²) in [5, 5.41) is 13.1. The number of carboxylic acids is 1. The number of thiophene rings is 1. The molecule has 0 bridgehead atoms. The fourth-order valence-corrected chi connectivity index (χ4v) is 3.61. The summed E-state index contributed by atoms with van der Waals surface area (Å²) in [4.78, 5) is 25.7. The molecular weight excluding hydrogens is 298 g/mol. The first-order valence-electron chi connectivity index (χ1n) is 7.24. The quantitative estimate of drug-likeness (QED) is 0.947. The van der Waals surface area contributed by atoms with Gasteiger partial charge >= 0.3 is 5.97 Å². The van der Waals surface area contributed by atoms with Crippen molar-refractivity contribution in [1.82, 2.24) is 4.90 Å². The molecule has 22 heavy (non-hydrogen) atoms. The molecule has 0 unspecified atom stereocenters. The van der Waals surface area contributed by atoms with Gasteiger partial charge < -0.3 is 10.0 Å². The number of rotatable bonds is 3. The average Bonchev–Trinajstić information content (AvgIpc) is 3.09. The molecule has 0 spiro atoms. The maximum Gasteiger partial charge on any atom is 0.308 e. The average molecular weight is 315 g/mol. The van der Waals surface area contributed by atoms with Crippen LogP contribution in [0.2, 0.25) is 0 Å². The molecule has 0 saturated carbocycles. The Hall–Kier alpha value is -2.14. The van der Waals surface area contributed by atoms with E-state index in [9.17, 15) is 14.7 Å². The van der Waals surface area contributed by atoms with Gasteiger partial charge in [0.25, 0.3) is 5.91 Å². The number of benzene rings is 1. The summed E-state index contributed by atoms with van der Waals surface area (Å²) in [5.74, 6) is -1.35. The third-order valence-corrected chi connectivity index (χ3v) is 4.81. The topological polar surface area (TPSA) is 57.6 Å². The number of carbonyl (C=O) groups is 2. The zero-order valence-corrected chi connectivity index (χ0v) is 12.8. The van der Waals surface area contributed by atoms with Crippen molar-refractivity contribution >= 4 is 23.2 Å². The van der Waals surface area contributed by atoms with E-state index in [1.165, 1.54) is 11.3 Å². The predicted molar refractivity (Wildman–Crippen MR) is 85.1 cm³/mol. The SMILES string of the molecule is O=C(O)[C@@H]1C[C@@H](c2ccccc2)CN(C(=O)c2ccsc2)C1. The van der Waals surface area contributed by atoms with Gasteiger partial charge in [0.2, 0.25) is 0 Å². The van der Waals surface area contributed by atoms with Crippen LogP contribution >= 0.6 is 11.3 Å². The molecule has 0 radical (unpaired) electrons. The van der Waals surface area contributed by atoms with Crippen molar-refractivity contribution < 1.29 is 14.7 Å². The minimum absolute atomic E-state index is 0.0682. The first-order chi connectivity index (χ1) is 10.6. The second-order valence-electron chi connectivity index (χ2n) is 5.60. The molecule has 1 aromatic heterocycles. The van der Waals surface area contributed by atoms with Gasteiger partial charge in [-0.05, 0) is 23.4 Å². The van der Waals surface area contributed by atoms with Gasteiger partial charge in [0.05, 0.1) is 11.5 Å². The first-order valence-corrected chi connectivity index (χ1v) is 8.18. The number of hydrogen-bond acceptors (Lipinski definition) is 3. The van der Waals surface area contributed by atoms with Gasteiger partial charge in [-0.25, -0.2) is 0 Å². The number of piperidine rings is 1. The largest absolute Gasteiger partial charge is 0.481 e. The Balaban J connectivity index is 1.84. The summed E-state index contributed by atoms with van der Waals surface area (Å²) in [6, 6.07) is 11.6. The van der Waals surface area contributed by atoms with Crippen LogP contribution in [0.1, 0.15) is 28.3 Å². The third-order valence-electron chi connectivity index (χ3n) is 4.13. The molecule has 5 heteroatoms. The van der Waals surface area contributed by atoms with E-state index in [2.05, 4.69) is 0 Å². The molecule has 1 aliphatic heterocycles. The molecule has 114 valence electrons. The Bertz CT molecular complexity index is 654. The summed E-state index contributed by atoms with van der Waals surface area (Å²) < 4.78 is 0. The normalized spacial score (nSPS) is 21.5. The second kappa shape index (κ2) is 6.32. The predicted octanol–water partition coefficient (Wildman–Crippen LogP) is 3.08. The van der Waals surface area contributed by atoms with Gasteiger partial charge in [-0.1, -0.05) is 30.3 Å². The molecule has 1 aromatic carbocycles. The van der Waals surface area contributed by atoms with Gasteiger partial charge in [-0.3, -0.25) is 9.59 Å². The van der Waals surface area contributed by atoms with Crippen LogP contribution in [0.5, 0.6) is 0 Å². The van der Waals surface area contributed by atoms with Crippen LogP contribution in [0.15, 0.2) is 47.2 Å². The number of aliphatic carboxylic acids is 1. The zero-order valence-electron chi connectivity index (χ0n) is 12.0. The van der Waals surface area contributed by atoms with Gasteiger partial charge in [-0.2, -0.15) is 11.3 Å². The molecule has 1 amide bonds. The molecule has 1 saturated heterocycles. The fourth-order valence-electron chi connectivity index (χ4n) is 2.98. The van der Waals surface area contributed by atoms with Crippen LogP contribution in [0, 0.1) is 5.92 Å². The van der Waals surface area contributed by atoms with Crippen LogP contribution in [0.4, 0.5) is 0 Å². The van der Waals surface area contributed by atoms with Gasteiger partial charge in [0, 0.05) is 24.4 Å². The molecular formula is C17H17NO3S. The van der Waals surface area contributed by atoms with E-state index in [-0.39, 0.29) is 18.4 Å². The molecule has 2 aromatic rings. The Kier molecular flexibility index (Phi) is 4.24. The first kappa shape index (κ1) is 14.8. The highest BCUT2D eigenvalue weighted by atomic mass is 32.1. The highest BCUT2D eigenvalue weighted by Gasteiger charge is 2.34. The van der Waals surface area contributed by atoms with Crippen molar-refractivity contribution in [2.75, 3.05) is 13.1 Å². The van der Waals surface area contributed by atoms with E-state index >= 15 is 0 Å². The lowest BCUT2D eigenvalue weighted by Crippen LogP contribution is -2.45. The molecule has 1 aliphatic rings. The molecule has 1 fully saturated rings. The molecule has 3 rings (SSSR count). The van der Waals surface area contributed by atoms with Crippen LogP contribution in [0.3, 0.4) is 0 Å². The van der Waals surface area contributed by atoms with Crippen LogP contribution in [-0.4, -0.2) is 35.0 Å². The zero-order chi connectivity index (χ0) is 15.5. The van der Waals surface area contributed by atoms with Crippen LogP contribution in [0.25, 0.3) is 0 Å². The number of amides is 1. The van der Waals surface area contributed by atoms with Crippen molar-refractivity contribution in [2.24, 2.45) is 5.92 Å². The van der Waals surface area contributed by atoms with Gasteiger partial charge in [0.1, 0.15) is 0 Å². The maximum atomic E-state index is 12.5. The van der Waals surface area contributed by atoms with E-state index in [1.807, 2.05) is 41.1 Å². The van der Waals surface area contributed by atoms with E-state index < -0.39 is 11.9 Å². The highest BCUT2D eigenvalue weighted by molar-refractivity contribution is 7.08. The minimum Gasteiger partial charge on any atom is -0.481 e. The van der Waals surface area contributed by atoms with E-state index in [0.29, 0.717) is 18.5 Å². The summed E-state index contributed by atoms with van der Waals surface area (Å²) in [5.41, 5.74) is 1.74. The van der Waals surface area contributed by atoms with Crippen molar-refractivity contribution in [3.05, 3.63) is 58.3 Å². The fraction of sp³-hybridized carbons (Fsp3) is 0.294. The molecule has 4 nitrogen and oxygen atoms in total. The molecule has 0 aliphatic carbocycles. The monoisotopic (exact) mass is 315 g/mol. The number of likely N-dealkylation sites (tertiary alicyclic amines) is 1. The van der Waals surface area contributed by atoms with Crippen molar-refractivity contribution in [3.8, 4) is 0 Å². The summed E-state index contributed by atoms with van der Waals surface area (Å²) in [6.45, 7) is 0.857. The van der Waals surface area contributed by atoms with Crippen LogP contribution < -0.4 is 0 Å². The van der Waals surface area contributed by atoms with E-state index in [4.69, 9.17) is 0 Å². The number of hydrogen-bond donors (Lipinski definition) is 1. The molecule has 2 atom stereocenters. The smallest absolute Gasteiger partial charge is 0.308 e. The highest BCUT2D eigenvalue weighted by Crippen LogP contribution is 2.31. The number of carboxylic acid groups (broad SMARTS) is 1. The lowest BCUT2D eigenvalue weighted by molar-refractivity contribution is -0.143. The summed E-state index contributed by atoms with van der Waals surface area (Å²) >= 11 is 1.47. The Morgan fingerprint density at radius 3 is 2.55 bits per heavy atom. The second-order valence-corrected chi connectivity index (χ2v) is 6.38. The van der Waals surface area contributed by atoms with Gasteiger partial charge in [0.15, 0.2) is 0 Å². The van der Waals surface area contributed by atoms with Crippen molar-refractivity contribution in [1.29, 1.82) is 0 Å². The Labute approximate surface area is 133 Å². The summed E-state index contributed by atoms with van der Waals surface area (Å²) in [7, 11) is 0. The van der Waals surface area contributed by atoms with Gasteiger partial charge in [-0.15, -0.1) is 0 Å². The summed E-state index contributed by atoms with van der Waals surface area (Å²) in [6.07, 6.45) is 0.576. The van der Waals surface area contributed by atoms with Crippen LogP contribution in [-0.2, 0) is 4.79 Å². The van der Waals surface area contributed by atoms with Crippen molar-refractivity contribution in [2.45, 2.75) is 12.3 Å². The van der Waals surface area contributed by atoms with E-state index in [0.717, 1.165) is 5.56 Å². The van der Waals surface area contributed by atoms with E-state index in [1.54, 1.807) is 11.0 Å². The third kappa shape index (κ3) is 3.04.